The molecule has 0 spiro atoms. The van der Waals surface area contributed by atoms with Crippen molar-refractivity contribution in [3.63, 3.8) is 0 Å². The van der Waals surface area contributed by atoms with Gasteiger partial charge in [-0.1, -0.05) is 63.3 Å². The highest BCUT2D eigenvalue weighted by molar-refractivity contribution is 5.26. The summed E-state index contributed by atoms with van der Waals surface area (Å²) < 4.78 is 12.4. The van der Waals surface area contributed by atoms with Crippen molar-refractivity contribution in [2.75, 3.05) is 6.67 Å². The monoisotopic (exact) mass is 440 g/mol. The Labute approximate surface area is 198 Å². The summed E-state index contributed by atoms with van der Waals surface area (Å²) >= 11 is 0. The predicted octanol–water partition coefficient (Wildman–Crippen LogP) is 9.67. The van der Waals surface area contributed by atoms with Gasteiger partial charge in [-0.25, -0.2) is 0 Å². The molecule has 3 aliphatic rings. The van der Waals surface area contributed by atoms with Crippen LogP contribution in [0.1, 0.15) is 127 Å². The van der Waals surface area contributed by atoms with Crippen LogP contribution in [0.2, 0.25) is 0 Å². The van der Waals surface area contributed by atoms with E-state index < -0.39 is 0 Å². The van der Waals surface area contributed by atoms with Crippen LogP contribution in [0.3, 0.4) is 0 Å². The first-order valence-electron chi connectivity index (χ1n) is 14.4. The zero-order chi connectivity index (χ0) is 22.2. The zero-order valence-corrected chi connectivity index (χ0v) is 20.9. The molecule has 0 bridgehead atoms. The normalized spacial score (nSPS) is 33.8. The Kier molecular flexibility index (Phi) is 9.54. The molecule has 0 nitrogen and oxygen atoms in total. The lowest BCUT2D eigenvalue weighted by atomic mass is 9.64. The number of halogens is 1. The van der Waals surface area contributed by atoms with Crippen molar-refractivity contribution in [1.82, 2.24) is 0 Å². The fourth-order valence-electron chi connectivity index (χ4n) is 7.73. The van der Waals surface area contributed by atoms with Crippen LogP contribution in [-0.2, 0) is 6.42 Å². The van der Waals surface area contributed by atoms with Crippen LogP contribution in [-0.4, -0.2) is 6.67 Å². The first-order valence-corrected chi connectivity index (χ1v) is 14.4. The van der Waals surface area contributed by atoms with E-state index in [4.69, 9.17) is 0 Å². The Hall–Kier alpha value is -0.850. The lowest BCUT2D eigenvalue weighted by Gasteiger charge is -2.41. The van der Waals surface area contributed by atoms with E-state index in [-0.39, 0.29) is 6.67 Å². The number of hydrogen-bond acceptors (Lipinski definition) is 0. The van der Waals surface area contributed by atoms with Crippen molar-refractivity contribution in [2.45, 2.75) is 122 Å². The Bertz CT molecular complexity index is 625. The van der Waals surface area contributed by atoms with Gasteiger partial charge in [0.25, 0.3) is 0 Å². The molecule has 0 atom stereocenters. The molecule has 180 valence electrons. The quantitative estimate of drug-likeness (QED) is 0.335. The maximum Gasteiger partial charge on any atom is 0.0894 e. The van der Waals surface area contributed by atoms with Gasteiger partial charge in [0.15, 0.2) is 0 Å². The maximum absolute atomic E-state index is 12.4. The minimum Gasteiger partial charge on any atom is -0.251 e. The maximum atomic E-state index is 12.4. The Morgan fingerprint density at radius 3 is 1.66 bits per heavy atom. The standard InChI is InChI=1S/C31H49F/c1-2-5-24-7-11-26(12-8-24)28-15-19-30(20-16-28)31-21-17-29(18-22-31)27-13-9-25(10-14-27)6-3-4-23-32/h7-8,11-12,25,27-31H,2-6,9-10,13-23H2,1H3/t25-,27-,28-,29-,30-,31-. The van der Waals surface area contributed by atoms with Crippen LogP contribution in [0.25, 0.3) is 0 Å². The molecule has 1 heteroatoms. The van der Waals surface area contributed by atoms with Gasteiger partial charge in [0.1, 0.15) is 0 Å². The lowest BCUT2D eigenvalue weighted by Crippen LogP contribution is -2.29. The molecule has 0 radical (unpaired) electrons. The van der Waals surface area contributed by atoms with Crippen LogP contribution in [0.5, 0.6) is 0 Å². The summed E-state index contributed by atoms with van der Waals surface area (Å²) in [6, 6.07) is 9.61. The Morgan fingerprint density at radius 1 is 0.656 bits per heavy atom. The van der Waals surface area contributed by atoms with Gasteiger partial charge in [0, 0.05) is 0 Å². The van der Waals surface area contributed by atoms with Gasteiger partial charge in [0.2, 0.25) is 0 Å². The molecule has 0 saturated heterocycles. The van der Waals surface area contributed by atoms with Gasteiger partial charge in [-0.3, -0.25) is 4.39 Å². The van der Waals surface area contributed by atoms with Crippen LogP contribution in [0, 0.1) is 29.6 Å². The highest BCUT2D eigenvalue weighted by Crippen LogP contribution is 2.47. The molecule has 3 aliphatic carbocycles. The molecule has 1 aromatic carbocycles. The number of rotatable bonds is 9. The largest absolute Gasteiger partial charge is 0.251 e. The van der Waals surface area contributed by atoms with Crippen molar-refractivity contribution in [1.29, 1.82) is 0 Å². The summed E-state index contributed by atoms with van der Waals surface area (Å²) in [6.45, 7) is 2.15. The Balaban J connectivity index is 1.15. The molecule has 3 fully saturated rings. The summed E-state index contributed by atoms with van der Waals surface area (Å²) in [5.74, 6) is 5.80. The molecular formula is C31H49F. The second-order valence-electron chi connectivity index (χ2n) is 11.7. The topological polar surface area (TPSA) is 0 Å². The van der Waals surface area contributed by atoms with E-state index in [1.807, 2.05) is 0 Å². The first kappa shape index (κ1) is 24.3. The highest BCUT2D eigenvalue weighted by Gasteiger charge is 2.34. The van der Waals surface area contributed by atoms with Gasteiger partial charge in [-0.05, 0) is 124 Å². The van der Waals surface area contributed by atoms with Crippen LogP contribution in [0.4, 0.5) is 4.39 Å². The van der Waals surface area contributed by atoms with Gasteiger partial charge in [0.05, 0.1) is 6.67 Å². The molecule has 0 aliphatic heterocycles. The van der Waals surface area contributed by atoms with Gasteiger partial charge >= 0.3 is 0 Å². The third-order valence-electron chi connectivity index (χ3n) is 9.80. The van der Waals surface area contributed by atoms with Crippen LogP contribution < -0.4 is 0 Å². The number of alkyl halides is 1. The lowest BCUT2D eigenvalue weighted by molar-refractivity contribution is 0.108. The molecule has 0 N–H and O–H groups in total. The number of benzene rings is 1. The number of unbranched alkanes of at least 4 members (excludes halogenated alkanes) is 1. The van der Waals surface area contributed by atoms with Crippen molar-refractivity contribution >= 4 is 0 Å². The minimum absolute atomic E-state index is 0.119. The highest BCUT2D eigenvalue weighted by atomic mass is 19.1. The fraction of sp³-hybridized carbons (Fsp3) is 0.806. The van der Waals surface area contributed by atoms with Crippen LogP contribution in [0.15, 0.2) is 24.3 Å². The van der Waals surface area contributed by atoms with Crippen molar-refractivity contribution in [2.24, 2.45) is 29.6 Å². The summed E-state index contributed by atoms with van der Waals surface area (Å²) in [5.41, 5.74) is 3.11. The van der Waals surface area contributed by atoms with Gasteiger partial charge < -0.3 is 0 Å². The molecule has 0 amide bonds. The van der Waals surface area contributed by atoms with E-state index in [0.717, 1.165) is 48.3 Å². The van der Waals surface area contributed by atoms with E-state index in [1.165, 1.54) is 102 Å². The van der Waals surface area contributed by atoms with Gasteiger partial charge in [-0.15, -0.1) is 0 Å². The SMILES string of the molecule is CCCc1ccc([C@H]2CC[C@H]([C@H]3CC[C@H]([C@H]4CC[C@H](CCCCF)CC4)CC3)CC2)cc1. The van der Waals surface area contributed by atoms with E-state index in [9.17, 15) is 4.39 Å². The second kappa shape index (κ2) is 12.6. The smallest absolute Gasteiger partial charge is 0.0894 e. The predicted molar refractivity (Wildman–Crippen MR) is 136 cm³/mol. The van der Waals surface area contributed by atoms with E-state index in [2.05, 4.69) is 31.2 Å². The van der Waals surface area contributed by atoms with Gasteiger partial charge in [-0.2, -0.15) is 0 Å². The molecule has 3 saturated carbocycles. The van der Waals surface area contributed by atoms with Crippen LogP contribution >= 0.6 is 0 Å². The van der Waals surface area contributed by atoms with E-state index >= 15 is 0 Å². The minimum atomic E-state index is -0.119. The molecule has 0 unspecified atom stereocenters. The van der Waals surface area contributed by atoms with Crippen molar-refractivity contribution < 1.29 is 4.39 Å². The molecule has 0 aromatic heterocycles. The average Bonchev–Trinajstić information content (AvgIpc) is 2.86. The third kappa shape index (κ3) is 6.60. The van der Waals surface area contributed by atoms with E-state index in [1.54, 1.807) is 5.56 Å². The number of aryl methyl sites for hydroxylation is 1. The summed E-state index contributed by atoms with van der Waals surface area (Å²) in [5, 5.41) is 0. The first-order chi connectivity index (χ1) is 15.8. The van der Waals surface area contributed by atoms with Crippen molar-refractivity contribution in [3.8, 4) is 0 Å². The number of hydrogen-bond donors (Lipinski definition) is 0. The fourth-order valence-corrected chi connectivity index (χ4v) is 7.73. The second-order valence-corrected chi connectivity index (χ2v) is 11.7. The zero-order valence-electron chi connectivity index (χ0n) is 20.9. The average molecular weight is 441 g/mol. The molecule has 4 rings (SSSR count). The summed E-state index contributed by atoms with van der Waals surface area (Å²) in [7, 11) is 0. The van der Waals surface area contributed by atoms with Crippen molar-refractivity contribution in [3.05, 3.63) is 35.4 Å². The molecule has 1 aromatic rings. The van der Waals surface area contributed by atoms with E-state index in [0.29, 0.717) is 0 Å². The Morgan fingerprint density at radius 2 is 1.16 bits per heavy atom. The summed E-state index contributed by atoms with van der Waals surface area (Å²) in [6.07, 6.45) is 23.3. The molecule has 0 heterocycles. The molecule has 32 heavy (non-hydrogen) atoms. The molecular weight excluding hydrogens is 391 g/mol. The summed E-state index contributed by atoms with van der Waals surface area (Å²) in [4.78, 5) is 0. The third-order valence-corrected chi connectivity index (χ3v) is 9.80.